The van der Waals surface area contributed by atoms with Gasteiger partial charge in [-0.2, -0.15) is 5.10 Å². The van der Waals surface area contributed by atoms with Crippen LogP contribution in [0.3, 0.4) is 0 Å². The summed E-state index contributed by atoms with van der Waals surface area (Å²) >= 11 is 5.62. The minimum absolute atomic E-state index is 0.0860. The molecule has 94 valence electrons. The second kappa shape index (κ2) is 5.14. The average molecular weight is 267 g/mol. The lowest BCUT2D eigenvalue weighted by molar-refractivity contribution is 0.591. The number of nitrogens with zero attached hydrogens (tertiary/aromatic N) is 4. The molecule has 0 amide bonds. The Morgan fingerprint density at radius 1 is 1.22 bits per heavy atom. The van der Waals surface area contributed by atoms with Gasteiger partial charge < -0.3 is 4.57 Å². The van der Waals surface area contributed by atoms with Gasteiger partial charge in [-0.3, -0.25) is 9.36 Å². The first-order valence-corrected chi connectivity index (χ1v) is 5.78. The van der Waals surface area contributed by atoms with Crippen LogP contribution in [0.4, 0.5) is 0 Å². The summed E-state index contributed by atoms with van der Waals surface area (Å²) in [7, 11) is 0. The fourth-order valence-corrected chi connectivity index (χ4v) is 1.63. The van der Waals surface area contributed by atoms with E-state index in [1.807, 2.05) is 6.92 Å². The van der Waals surface area contributed by atoms with Gasteiger partial charge in [0.2, 0.25) is 0 Å². The molecule has 2 aromatic rings. The van der Waals surface area contributed by atoms with Crippen molar-refractivity contribution < 1.29 is 0 Å². The molecule has 2 rings (SSSR count). The second-order valence-electron chi connectivity index (χ2n) is 3.66. The van der Waals surface area contributed by atoms with E-state index in [-0.39, 0.29) is 22.9 Å². The largest absolute Gasteiger partial charge is 0.331 e. The number of hydrogen-bond donors (Lipinski definition) is 0. The van der Waals surface area contributed by atoms with Gasteiger partial charge in [-0.1, -0.05) is 11.6 Å². The van der Waals surface area contributed by atoms with Crippen LogP contribution < -0.4 is 11.2 Å². The molecular formula is C11H11ClN4O2. The van der Waals surface area contributed by atoms with Crippen LogP contribution in [-0.4, -0.2) is 19.3 Å². The molecule has 0 saturated heterocycles. The summed E-state index contributed by atoms with van der Waals surface area (Å²) in [6, 6.07) is 4.55. The van der Waals surface area contributed by atoms with Crippen molar-refractivity contribution in [3.8, 4) is 0 Å². The predicted molar refractivity (Wildman–Crippen MR) is 66.8 cm³/mol. The molecule has 0 unspecified atom stereocenters. The zero-order chi connectivity index (χ0) is 13.1. The molecule has 0 saturated carbocycles. The van der Waals surface area contributed by atoms with E-state index >= 15 is 0 Å². The van der Waals surface area contributed by atoms with Crippen molar-refractivity contribution >= 4 is 11.6 Å². The highest BCUT2D eigenvalue weighted by atomic mass is 35.5. The third kappa shape index (κ3) is 2.48. The van der Waals surface area contributed by atoms with Crippen LogP contribution in [0.25, 0.3) is 0 Å². The van der Waals surface area contributed by atoms with E-state index < -0.39 is 0 Å². The van der Waals surface area contributed by atoms with Crippen LogP contribution in [0.15, 0.2) is 34.0 Å². The maximum Gasteiger partial charge on any atom is 0.331 e. The van der Waals surface area contributed by atoms with Gasteiger partial charge in [0.15, 0.2) is 5.15 Å². The van der Waals surface area contributed by atoms with Gasteiger partial charge in [-0.25, -0.2) is 4.79 Å². The van der Waals surface area contributed by atoms with E-state index in [9.17, 15) is 9.59 Å². The number of halogens is 1. The Morgan fingerprint density at radius 3 is 2.61 bits per heavy atom. The molecule has 0 N–H and O–H groups in total. The van der Waals surface area contributed by atoms with Gasteiger partial charge in [-0.05, 0) is 19.1 Å². The smallest absolute Gasteiger partial charge is 0.301 e. The molecule has 0 fully saturated rings. The minimum Gasteiger partial charge on any atom is -0.301 e. The maximum absolute atomic E-state index is 11.9. The minimum atomic E-state index is -0.360. The maximum atomic E-state index is 11.9. The van der Waals surface area contributed by atoms with E-state index in [0.29, 0.717) is 12.2 Å². The fraction of sp³-hybridized carbons (Fsp3) is 0.273. The molecule has 18 heavy (non-hydrogen) atoms. The van der Waals surface area contributed by atoms with E-state index in [1.165, 1.54) is 16.8 Å². The van der Waals surface area contributed by atoms with E-state index in [1.54, 1.807) is 12.1 Å². The van der Waals surface area contributed by atoms with Gasteiger partial charge in [-0.15, -0.1) is 5.10 Å². The van der Waals surface area contributed by atoms with Crippen LogP contribution in [0, 0.1) is 0 Å². The molecule has 2 heterocycles. The number of aryl methyl sites for hydroxylation is 1. The molecule has 6 nitrogen and oxygen atoms in total. The Bertz CT molecular complexity index is 660. The van der Waals surface area contributed by atoms with Crippen molar-refractivity contribution in [2.75, 3.05) is 0 Å². The van der Waals surface area contributed by atoms with Crippen molar-refractivity contribution in [1.29, 1.82) is 0 Å². The lowest BCUT2D eigenvalue weighted by Crippen LogP contribution is -2.39. The second-order valence-corrected chi connectivity index (χ2v) is 4.04. The predicted octanol–water partition coefficient (Wildman–Crippen LogP) is 0.522. The van der Waals surface area contributed by atoms with Crippen LogP contribution in [0.2, 0.25) is 5.15 Å². The molecule has 0 atom stereocenters. The number of aromatic nitrogens is 4. The van der Waals surface area contributed by atoms with Crippen molar-refractivity contribution in [3.63, 3.8) is 0 Å². The van der Waals surface area contributed by atoms with E-state index in [2.05, 4.69) is 10.2 Å². The van der Waals surface area contributed by atoms with Crippen LogP contribution in [-0.2, 0) is 13.1 Å². The fourth-order valence-electron chi connectivity index (χ4n) is 1.53. The summed E-state index contributed by atoms with van der Waals surface area (Å²) in [5.41, 5.74) is -0.212. The monoisotopic (exact) mass is 266 g/mol. The quantitative estimate of drug-likeness (QED) is 0.812. The van der Waals surface area contributed by atoms with Crippen molar-refractivity contribution in [1.82, 2.24) is 19.3 Å². The van der Waals surface area contributed by atoms with Crippen molar-refractivity contribution in [2.24, 2.45) is 0 Å². The third-order valence-corrected chi connectivity index (χ3v) is 2.69. The molecule has 2 aromatic heterocycles. The Balaban J connectivity index is 2.43. The number of rotatable bonds is 3. The topological polar surface area (TPSA) is 69.8 Å². The van der Waals surface area contributed by atoms with Gasteiger partial charge in [0.25, 0.3) is 5.56 Å². The standard InChI is InChI=1S/C11H11ClN4O2/c1-2-15-6-5-10(17)16(11(15)18)7-8-3-4-9(12)14-13-8/h3-6H,2,7H2,1H3. The molecule has 7 heteroatoms. The first-order chi connectivity index (χ1) is 8.61. The first-order valence-electron chi connectivity index (χ1n) is 5.40. The van der Waals surface area contributed by atoms with Gasteiger partial charge in [0.05, 0.1) is 12.2 Å². The first kappa shape index (κ1) is 12.5. The third-order valence-electron chi connectivity index (χ3n) is 2.49. The van der Waals surface area contributed by atoms with Gasteiger partial charge in [0.1, 0.15) is 0 Å². The Labute approximate surface area is 107 Å². The lowest BCUT2D eigenvalue weighted by atomic mass is 10.4. The molecule has 0 aromatic carbocycles. The zero-order valence-corrected chi connectivity index (χ0v) is 10.5. The van der Waals surface area contributed by atoms with Crippen molar-refractivity contribution in [2.45, 2.75) is 20.0 Å². The molecule has 0 aliphatic rings. The molecule has 0 aliphatic carbocycles. The zero-order valence-electron chi connectivity index (χ0n) is 9.71. The lowest BCUT2D eigenvalue weighted by Gasteiger charge is -2.07. The molecule has 0 spiro atoms. The van der Waals surface area contributed by atoms with E-state index in [4.69, 9.17) is 11.6 Å². The summed E-state index contributed by atoms with van der Waals surface area (Å²) in [5, 5.41) is 7.76. The molecule has 0 bridgehead atoms. The highest BCUT2D eigenvalue weighted by Crippen LogP contribution is 2.02. The van der Waals surface area contributed by atoms with Crippen LogP contribution in [0.5, 0.6) is 0 Å². The molecule has 0 radical (unpaired) electrons. The summed E-state index contributed by atoms with van der Waals surface area (Å²) in [6.45, 7) is 2.42. The Hall–Kier alpha value is -1.95. The summed E-state index contributed by atoms with van der Waals surface area (Å²) in [4.78, 5) is 23.6. The summed E-state index contributed by atoms with van der Waals surface area (Å²) in [6.07, 6.45) is 1.48. The van der Waals surface area contributed by atoms with Crippen molar-refractivity contribution in [3.05, 3.63) is 56.1 Å². The highest BCUT2D eigenvalue weighted by Gasteiger charge is 2.06. The SMILES string of the molecule is CCn1ccc(=O)n(Cc2ccc(Cl)nn2)c1=O. The highest BCUT2D eigenvalue weighted by molar-refractivity contribution is 6.29. The Morgan fingerprint density at radius 2 is 2.00 bits per heavy atom. The normalized spacial score (nSPS) is 10.6. The van der Waals surface area contributed by atoms with Crippen LogP contribution in [0.1, 0.15) is 12.6 Å². The summed E-state index contributed by atoms with van der Waals surface area (Å²) < 4.78 is 2.56. The van der Waals surface area contributed by atoms with Crippen LogP contribution >= 0.6 is 11.6 Å². The van der Waals surface area contributed by atoms with Gasteiger partial charge in [0, 0.05) is 18.8 Å². The molecule has 0 aliphatic heterocycles. The Kier molecular flexibility index (Phi) is 3.57. The van der Waals surface area contributed by atoms with E-state index in [0.717, 1.165) is 4.57 Å². The average Bonchev–Trinajstić information content (AvgIpc) is 2.37. The number of hydrogen-bond acceptors (Lipinski definition) is 4. The summed E-state index contributed by atoms with van der Waals surface area (Å²) in [5.74, 6) is 0. The van der Waals surface area contributed by atoms with Gasteiger partial charge >= 0.3 is 5.69 Å². The molecular weight excluding hydrogens is 256 g/mol.